The molecule has 0 fully saturated rings. The standard InChI is InChI=1S/C14H15NO5.C13H15NO3.C10H14O5.C9H14O3/c1-14(2,3)20-13(18)19-8-15-11(16)9-6-4-5-7-10(9)12(15)17;1-13(2,3)17-8-14-11(15)9-6-4-5-7-10(9)12(14)16;1-7-12-5-8(14-7)6-13-9(11)15-10(2,3)4;1-7-10-5-8(12-7)6-11-9(2,3)4/h4-7H,8H2,1-3H3;4-7H,8H2,1-3H3;5H,1,6H2,2-4H3;5H,1,6H2,2-4H3. The summed E-state index contributed by atoms with van der Waals surface area (Å²) in [5.41, 5.74) is -0.273. The van der Waals surface area contributed by atoms with Gasteiger partial charge in [-0.05, 0) is 121 Å². The molecule has 0 bridgehead atoms. The van der Waals surface area contributed by atoms with Crippen molar-refractivity contribution in [2.75, 3.05) is 26.7 Å². The lowest BCUT2D eigenvalue weighted by Gasteiger charge is -2.23. The molecule has 4 amide bonds. The zero-order chi connectivity index (χ0) is 48.2. The molecule has 2 aromatic carbocycles. The molecule has 0 saturated heterocycles. The fraction of sp³-hybridized carbons (Fsp3) is 0.435. The normalized spacial score (nSPS) is 15.2. The number of carbonyl (C=O) groups excluding carboxylic acids is 6. The van der Waals surface area contributed by atoms with Gasteiger partial charge in [-0.1, -0.05) is 24.3 Å². The Balaban J connectivity index is 0.000000231. The summed E-state index contributed by atoms with van der Waals surface area (Å²) in [7, 11) is 0. The van der Waals surface area contributed by atoms with Crippen molar-refractivity contribution in [1.82, 2.24) is 9.80 Å². The van der Waals surface area contributed by atoms with Gasteiger partial charge in [-0.2, -0.15) is 0 Å². The minimum atomic E-state index is -0.922. The molecule has 0 spiro atoms. The summed E-state index contributed by atoms with van der Waals surface area (Å²) in [6, 6.07) is 13.3. The Hall–Kier alpha value is -6.66. The molecule has 0 saturated carbocycles. The zero-order valence-corrected chi connectivity index (χ0v) is 38.4. The van der Waals surface area contributed by atoms with Crippen molar-refractivity contribution in [3.05, 3.63) is 120 Å². The largest absolute Gasteiger partial charge is 0.510 e. The van der Waals surface area contributed by atoms with Gasteiger partial charge in [-0.15, -0.1) is 0 Å². The van der Waals surface area contributed by atoms with Gasteiger partial charge in [-0.3, -0.25) is 19.2 Å². The highest BCUT2D eigenvalue weighted by molar-refractivity contribution is 6.22. The van der Waals surface area contributed by atoms with Gasteiger partial charge >= 0.3 is 12.3 Å². The summed E-state index contributed by atoms with van der Waals surface area (Å²) in [5.74, 6) is -0.00546. The van der Waals surface area contributed by atoms with Gasteiger partial charge in [0, 0.05) is 0 Å². The summed E-state index contributed by atoms with van der Waals surface area (Å²) in [4.78, 5) is 72.4. The van der Waals surface area contributed by atoms with E-state index in [9.17, 15) is 28.8 Å². The van der Waals surface area contributed by atoms with E-state index < -0.39 is 42.1 Å². The molecule has 2 aromatic rings. The average Bonchev–Trinajstić information content (AvgIpc) is 3.92. The van der Waals surface area contributed by atoms with Gasteiger partial charge in [0.1, 0.15) is 37.1 Å². The van der Waals surface area contributed by atoms with Crippen molar-refractivity contribution in [3.8, 4) is 0 Å². The predicted octanol–water partition coefficient (Wildman–Crippen LogP) is 8.71. The Labute approximate surface area is 373 Å². The van der Waals surface area contributed by atoms with Crippen LogP contribution in [0, 0.1) is 0 Å². The van der Waals surface area contributed by atoms with Crippen LogP contribution in [0.5, 0.6) is 0 Å². The number of nitrogens with zero attached hydrogens (tertiary/aromatic N) is 2. The van der Waals surface area contributed by atoms with E-state index in [1.54, 1.807) is 90.1 Å². The van der Waals surface area contributed by atoms with Crippen LogP contribution in [-0.4, -0.2) is 94.8 Å². The summed E-state index contributed by atoms with van der Waals surface area (Å²) in [5, 5.41) is 0. The van der Waals surface area contributed by atoms with Crippen molar-refractivity contribution >= 4 is 35.9 Å². The van der Waals surface area contributed by atoms with Crippen LogP contribution < -0.4 is 0 Å². The van der Waals surface area contributed by atoms with Crippen molar-refractivity contribution in [2.45, 2.75) is 105 Å². The number of amides is 4. The highest BCUT2D eigenvalue weighted by Crippen LogP contribution is 2.25. The Morgan fingerprint density at radius 2 is 0.844 bits per heavy atom. The second-order valence-electron chi connectivity index (χ2n) is 17.8. The van der Waals surface area contributed by atoms with Crippen LogP contribution >= 0.6 is 0 Å². The van der Waals surface area contributed by atoms with Gasteiger partial charge in [0.05, 0.1) is 33.5 Å². The minimum Gasteiger partial charge on any atom is -0.431 e. The highest BCUT2D eigenvalue weighted by atomic mass is 16.8. The number of rotatable bonds is 8. The Morgan fingerprint density at radius 1 is 0.500 bits per heavy atom. The molecule has 64 heavy (non-hydrogen) atoms. The third-order valence-corrected chi connectivity index (χ3v) is 7.59. The SMILES string of the molecule is C=C1OC=C(COC(=O)OC(C)(C)C)O1.C=C1OC=C(COC(C)(C)C)O1.CC(C)(C)OC(=O)OCN1C(=O)c2ccccc2C1=O.CC(C)(C)OCN1C(=O)c2ccccc2C1=O. The maximum absolute atomic E-state index is 12.0. The van der Waals surface area contributed by atoms with Crippen LogP contribution in [0.1, 0.15) is 125 Å². The quantitative estimate of drug-likeness (QED) is 0.180. The summed E-state index contributed by atoms with van der Waals surface area (Å²) in [6.07, 6.45) is 1.17. The predicted molar refractivity (Wildman–Crippen MR) is 228 cm³/mol. The molecular weight excluding hydrogens is 837 g/mol. The van der Waals surface area contributed by atoms with Crippen LogP contribution in [0.15, 0.2) is 97.6 Å². The molecule has 4 aliphatic heterocycles. The number of benzene rings is 2. The molecule has 0 aromatic heterocycles. The van der Waals surface area contributed by atoms with E-state index in [4.69, 9.17) is 47.4 Å². The first kappa shape index (κ1) is 51.7. The van der Waals surface area contributed by atoms with Gasteiger partial charge < -0.3 is 47.4 Å². The lowest BCUT2D eigenvalue weighted by molar-refractivity contribution is -0.0451. The maximum atomic E-state index is 12.0. The fourth-order valence-corrected chi connectivity index (χ4v) is 4.84. The molecule has 0 N–H and O–H groups in total. The van der Waals surface area contributed by atoms with Gasteiger partial charge in [0.15, 0.2) is 24.9 Å². The van der Waals surface area contributed by atoms with E-state index in [0.29, 0.717) is 46.3 Å². The van der Waals surface area contributed by atoms with Crippen LogP contribution in [0.3, 0.4) is 0 Å². The molecule has 18 heteroatoms. The highest BCUT2D eigenvalue weighted by Gasteiger charge is 2.37. The second-order valence-corrected chi connectivity index (χ2v) is 17.8. The van der Waals surface area contributed by atoms with Crippen LogP contribution in [0.25, 0.3) is 0 Å². The monoisotopic (exact) mass is 894 g/mol. The Bertz CT molecular complexity index is 2070. The van der Waals surface area contributed by atoms with Crippen LogP contribution in [0.4, 0.5) is 9.59 Å². The molecule has 4 aliphatic rings. The van der Waals surface area contributed by atoms with Gasteiger partial charge in [0.2, 0.25) is 0 Å². The molecule has 348 valence electrons. The fourth-order valence-electron chi connectivity index (χ4n) is 4.84. The van der Waals surface area contributed by atoms with E-state index in [0.717, 1.165) is 9.80 Å². The third-order valence-electron chi connectivity index (χ3n) is 7.59. The smallest absolute Gasteiger partial charge is 0.431 e. The molecule has 0 atom stereocenters. The maximum Gasteiger partial charge on any atom is 0.510 e. The number of hydrogen-bond donors (Lipinski definition) is 0. The molecule has 0 unspecified atom stereocenters. The summed E-state index contributed by atoms with van der Waals surface area (Å²) >= 11 is 0. The van der Waals surface area contributed by atoms with Crippen LogP contribution in [-0.2, 0) is 47.4 Å². The third kappa shape index (κ3) is 17.2. The van der Waals surface area contributed by atoms with E-state index in [1.165, 1.54) is 12.5 Å². The van der Waals surface area contributed by atoms with Crippen molar-refractivity contribution < 1.29 is 76.1 Å². The lowest BCUT2D eigenvalue weighted by Crippen LogP contribution is -2.36. The van der Waals surface area contributed by atoms with E-state index in [2.05, 4.69) is 13.2 Å². The minimum absolute atomic E-state index is 0.00412. The lowest BCUT2D eigenvalue weighted by atomic mass is 10.1. The number of ether oxygens (including phenoxy) is 10. The molecule has 0 aliphatic carbocycles. The van der Waals surface area contributed by atoms with Gasteiger partial charge in [-0.25, -0.2) is 19.4 Å². The van der Waals surface area contributed by atoms with E-state index >= 15 is 0 Å². The number of hydrogen-bond acceptors (Lipinski definition) is 16. The molecule has 4 heterocycles. The van der Waals surface area contributed by atoms with Gasteiger partial charge in [0.25, 0.3) is 35.5 Å². The van der Waals surface area contributed by atoms with Crippen molar-refractivity contribution in [2.24, 2.45) is 0 Å². The first-order valence-corrected chi connectivity index (χ1v) is 19.9. The van der Waals surface area contributed by atoms with Crippen LogP contribution in [0.2, 0.25) is 0 Å². The van der Waals surface area contributed by atoms with E-state index in [1.807, 2.05) is 41.5 Å². The Kier molecular flexibility index (Phi) is 17.5. The first-order valence-electron chi connectivity index (χ1n) is 19.9. The van der Waals surface area contributed by atoms with Crippen molar-refractivity contribution in [1.29, 1.82) is 0 Å². The Morgan fingerprint density at radius 3 is 1.17 bits per heavy atom. The molecule has 0 radical (unpaired) electrons. The molecule has 6 rings (SSSR count). The van der Waals surface area contributed by atoms with E-state index in [-0.39, 0.29) is 42.3 Å². The average molecular weight is 895 g/mol. The molecule has 18 nitrogen and oxygen atoms in total. The first-order chi connectivity index (χ1) is 29.5. The number of fused-ring (bicyclic) bond motifs is 2. The van der Waals surface area contributed by atoms with Crippen molar-refractivity contribution in [3.63, 3.8) is 0 Å². The summed E-state index contributed by atoms with van der Waals surface area (Å²) < 4.78 is 50.0. The summed E-state index contributed by atoms with van der Waals surface area (Å²) in [6.45, 7) is 28.8. The number of imide groups is 2. The molecular formula is C46H58N2O16. The second kappa shape index (κ2) is 21.6. The topological polar surface area (TPSA) is 201 Å². The number of carbonyl (C=O) groups is 6. The zero-order valence-electron chi connectivity index (χ0n) is 38.4.